The fraction of sp³-hybridized carbons (Fsp3) is 0.435. The van der Waals surface area contributed by atoms with Crippen molar-refractivity contribution in [1.82, 2.24) is 14.5 Å². The molecule has 1 saturated heterocycles. The second-order valence-electron chi connectivity index (χ2n) is 7.66. The van der Waals surface area contributed by atoms with Crippen LogP contribution in [0.2, 0.25) is 0 Å². The lowest BCUT2D eigenvalue weighted by molar-refractivity contribution is 0.146. The van der Waals surface area contributed by atoms with Crippen molar-refractivity contribution in [2.24, 2.45) is 5.92 Å². The summed E-state index contributed by atoms with van der Waals surface area (Å²) in [6, 6.07) is 16.7. The molecule has 28 heavy (non-hydrogen) atoms. The molecule has 0 unspecified atom stereocenters. The summed E-state index contributed by atoms with van der Waals surface area (Å²) in [6.07, 6.45) is 3.36. The number of hydrogen-bond acceptors (Lipinski definition) is 4. The molecule has 148 valence electrons. The average Bonchev–Trinajstić information content (AvgIpc) is 3.07. The van der Waals surface area contributed by atoms with E-state index in [1.807, 2.05) is 12.1 Å². The molecule has 0 aliphatic carbocycles. The van der Waals surface area contributed by atoms with Gasteiger partial charge in [-0.05, 0) is 61.7 Å². The van der Waals surface area contributed by atoms with E-state index in [1.54, 1.807) is 7.11 Å². The van der Waals surface area contributed by atoms with Crippen molar-refractivity contribution in [2.75, 3.05) is 33.4 Å². The predicted molar refractivity (Wildman–Crippen MR) is 112 cm³/mol. The van der Waals surface area contributed by atoms with E-state index in [1.165, 1.54) is 29.7 Å². The lowest BCUT2D eigenvalue weighted by Crippen LogP contribution is -2.36. The molecule has 4 rings (SSSR count). The number of imidazole rings is 1. The zero-order valence-electron chi connectivity index (χ0n) is 16.6. The number of rotatable bonds is 7. The third kappa shape index (κ3) is 4.21. The first-order chi connectivity index (χ1) is 13.8. The smallest absolute Gasteiger partial charge is 0.118 e. The molecule has 2 aromatic carbocycles. The Bertz CT molecular complexity index is 896. The van der Waals surface area contributed by atoms with Crippen LogP contribution in [0.3, 0.4) is 0 Å². The Hall–Kier alpha value is -2.37. The Morgan fingerprint density at radius 1 is 1.07 bits per heavy atom. The van der Waals surface area contributed by atoms with E-state index in [9.17, 15) is 0 Å². The number of aliphatic hydroxyl groups is 1. The molecule has 0 amide bonds. The molecule has 5 heteroatoms. The van der Waals surface area contributed by atoms with Crippen LogP contribution >= 0.6 is 0 Å². The van der Waals surface area contributed by atoms with Crippen LogP contribution in [0.25, 0.3) is 11.0 Å². The number of fused-ring (bicyclic) bond motifs is 1. The Morgan fingerprint density at radius 2 is 1.82 bits per heavy atom. The van der Waals surface area contributed by atoms with E-state index < -0.39 is 0 Å². The third-order valence-corrected chi connectivity index (χ3v) is 5.83. The van der Waals surface area contributed by atoms with Crippen LogP contribution in [0.15, 0.2) is 48.5 Å². The first kappa shape index (κ1) is 19.0. The maximum absolute atomic E-state index is 9.15. The molecule has 1 N–H and O–H groups in total. The number of hydrogen-bond donors (Lipinski definition) is 1. The van der Waals surface area contributed by atoms with Crippen LogP contribution in [-0.4, -0.2) is 52.9 Å². The van der Waals surface area contributed by atoms with E-state index in [-0.39, 0.29) is 6.61 Å². The van der Waals surface area contributed by atoms with Crippen molar-refractivity contribution in [1.29, 1.82) is 0 Å². The minimum Gasteiger partial charge on any atom is -0.497 e. The first-order valence-electron chi connectivity index (χ1n) is 10.2. The van der Waals surface area contributed by atoms with Crippen molar-refractivity contribution in [3.63, 3.8) is 0 Å². The normalized spacial score (nSPS) is 15.9. The Labute approximate surface area is 166 Å². The number of benzene rings is 2. The highest BCUT2D eigenvalue weighted by atomic mass is 16.5. The molecule has 3 aromatic rings. The van der Waals surface area contributed by atoms with Crippen LogP contribution in [-0.2, 0) is 13.0 Å². The molecule has 1 aliphatic rings. The van der Waals surface area contributed by atoms with Crippen molar-refractivity contribution < 1.29 is 9.84 Å². The molecular weight excluding hydrogens is 350 g/mol. The fourth-order valence-corrected chi connectivity index (χ4v) is 4.18. The number of likely N-dealkylation sites (tertiary alicyclic amines) is 1. The van der Waals surface area contributed by atoms with Gasteiger partial charge in [0.2, 0.25) is 0 Å². The predicted octanol–water partition coefficient (Wildman–Crippen LogP) is 3.34. The van der Waals surface area contributed by atoms with Crippen LogP contribution in [0.4, 0.5) is 0 Å². The summed E-state index contributed by atoms with van der Waals surface area (Å²) >= 11 is 0. The molecular formula is C23H29N3O2. The van der Waals surface area contributed by atoms with Crippen molar-refractivity contribution in [3.8, 4) is 5.75 Å². The number of β-amino-alcohol motifs (C(OH)–C–C–N with tert-alkyl or cyclic N) is 1. The Balaban J connectivity index is 1.55. The largest absolute Gasteiger partial charge is 0.497 e. The lowest BCUT2D eigenvalue weighted by Gasteiger charge is -2.31. The SMILES string of the molecule is COc1ccc(Cn2c(CC3CCN(CCO)CC3)nc3ccccc32)cc1. The number of aliphatic hydroxyl groups excluding tert-OH is 1. The van der Waals surface area contributed by atoms with Gasteiger partial charge >= 0.3 is 0 Å². The molecule has 0 atom stereocenters. The third-order valence-electron chi connectivity index (χ3n) is 5.83. The van der Waals surface area contributed by atoms with E-state index in [0.29, 0.717) is 5.92 Å². The molecule has 0 bridgehead atoms. The topological polar surface area (TPSA) is 50.5 Å². The summed E-state index contributed by atoms with van der Waals surface area (Å²) < 4.78 is 7.66. The fourth-order valence-electron chi connectivity index (χ4n) is 4.18. The van der Waals surface area contributed by atoms with Gasteiger partial charge < -0.3 is 19.3 Å². The number of ether oxygens (including phenoxy) is 1. The van der Waals surface area contributed by atoms with Gasteiger partial charge in [0.15, 0.2) is 0 Å². The quantitative estimate of drug-likeness (QED) is 0.684. The molecule has 1 aliphatic heterocycles. The summed E-state index contributed by atoms with van der Waals surface area (Å²) in [4.78, 5) is 7.33. The monoisotopic (exact) mass is 379 g/mol. The molecule has 0 radical (unpaired) electrons. The number of piperidine rings is 1. The highest BCUT2D eigenvalue weighted by Crippen LogP contribution is 2.25. The maximum Gasteiger partial charge on any atom is 0.118 e. The second-order valence-corrected chi connectivity index (χ2v) is 7.66. The molecule has 5 nitrogen and oxygen atoms in total. The summed E-state index contributed by atoms with van der Waals surface area (Å²) in [7, 11) is 1.70. The number of methoxy groups -OCH3 is 1. The Morgan fingerprint density at radius 3 is 2.54 bits per heavy atom. The summed E-state index contributed by atoms with van der Waals surface area (Å²) in [5.74, 6) is 2.72. The second kappa shape index (κ2) is 8.76. The molecule has 0 spiro atoms. The van der Waals surface area contributed by atoms with E-state index in [4.69, 9.17) is 14.8 Å². The first-order valence-corrected chi connectivity index (χ1v) is 10.2. The molecule has 1 fully saturated rings. The maximum atomic E-state index is 9.15. The van der Waals surface area contributed by atoms with Gasteiger partial charge in [-0.1, -0.05) is 24.3 Å². The van der Waals surface area contributed by atoms with Crippen molar-refractivity contribution >= 4 is 11.0 Å². The van der Waals surface area contributed by atoms with Crippen molar-refractivity contribution in [2.45, 2.75) is 25.8 Å². The van der Waals surface area contributed by atoms with E-state index in [2.05, 4.69) is 45.9 Å². The van der Waals surface area contributed by atoms with Gasteiger partial charge in [-0.15, -0.1) is 0 Å². The van der Waals surface area contributed by atoms with Crippen LogP contribution < -0.4 is 4.74 Å². The summed E-state index contributed by atoms with van der Waals surface area (Å²) in [6.45, 7) is 4.02. The zero-order chi connectivity index (χ0) is 19.3. The van der Waals surface area contributed by atoms with Gasteiger partial charge in [0.25, 0.3) is 0 Å². The van der Waals surface area contributed by atoms with Gasteiger partial charge in [-0.2, -0.15) is 0 Å². The summed E-state index contributed by atoms with van der Waals surface area (Å²) in [5, 5.41) is 9.15. The Kier molecular flexibility index (Phi) is 5.93. The zero-order valence-corrected chi connectivity index (χ0v) is 16.6. The van der Waals surface area contributed by atoms with Gasteiger partial charge in [-0.25, -0.2) is 4.98 Å². The molecule has 1 aromatic heterocycles. The van der Waals surface area contributed by atoms with Gasteiger partial charge in [-0.3, -0.25) is 0 Å². The number of aromatic nitrogens is 2. The summed E-state index contributed by atoms with van der Waals surface area (Å²) in [5.41, 5.74) is 3.53. The highest BCUT2D eigenvalue weighted by Gasteiger charge is 2.22. The van der Waals surface area contributed by atoms with E-state index >= 15 is 0 Å². The van der Waals surface area contributed by atoms with Gasteiger partial charge in [0, 0.05) is 19.5 Å². The molecule has 2 heterocycles. The minimum absolute atomic E-state index is 0.252. The van der Waals surface area contributed by atoms with Gasteiger partial charge in [0.1, 0.15) is 11.6 Å². The minimum atomic E-state index is 0.252. The van der Waals surface area contributed by atoms with E-state index in [0.717, 1.165) is 43.9 Å². The number of para-hydroxylation sites is 2. The number of nitrogens with zero attached hydrogens (tertiary/aromatic N) is 3. The lowest BCUT2D eigenvalue weighted by atomic mass is 9.93. The van der Waals surface area contributed by atoms with Crippen molar-refractivity contribution in [3.05, 3.63) is 59.9 Å². The highest BCUT2D eigenvalue weighted by molar-refractivity contribution is 5.76. The standard InChI is InChI=1S/C23H29N3O2/c1-28-20-8-6-19(7-9-20)17-26-22-5-3-2-4-21(22)24-23(26)16-18-10-12-25(13-11-18)14-15-27/h2-9,18,27H,10-17H2,1H3. The van der Waals surface area contributed by atoms with Crippen LogP contribution in [0, 0.1) is 5.92 Å². The van der Waals surface area contributed by atoms with Crippen LogP contribution in [0.1, 0.15) is 24.2 Å². The average molecular weight is 380 g/mol. The molecule has 0 saturated carbocycles. The van der Waals surface area contributed by atoms with Crippen LogP contribution in [0.5, 0.6) is 5.75 Å². The van der Waals surface area contributed by atoms with Gasteiger partial charge in [0.05, 0.1) is 24.8 Å².